The van der Waals surface area contributed by atoms with Crippen molar-refractivity contribution in [2.45, 2.75) is 18.9 Å². The van der Waals surface area contributed by atoms with Crippen LogP contribution in [0.5, 0.6) is 0 Å². The van der Waals surface area contributed by atoms with E-state index < -0.39 is 0 Å². The number of aromatic nitrogens is 3. The molecule has 4 rings (SSSR count). The zero-order valence-electron chi connectivity index (χ0n) is 12.0. The van der Waals surface area contributed by atoms with Crippen LogP contribution in [0.15, 0.2) is 36.7 Å². The summed E-state index contributed by atoms with van der Waals surface area (Å²) in [6, 6.07) is 7.35. The van der Waals surface area contributed by atoms with E-state index >= 15 is 0 Å². The van der Waals surface area contributed by atoms with Crippen molar-refractivity contribution < 1.29 is 4.79 Å². The summed E-state index contributed by atoms with van der Waals surface area (Å²) in [6.07, 6.45) is 4.54. The fraction of sp³-hybridized carbons (Fsp3) is 0.250. The molecule has 6 heteroatoms. The number of aromatic amines is 2. The number of fused-ring (bicyclic) bond motifs is 1. The van der Waals surface area contributed by atoms with E-state index in [9.17, 15) is 4.79 Å². The maximum atomic E-state index is 12.6. The van der Waals surface area contributed by atoms with Gasteiger partial charge in [0.05, 0.1) is 11.7 Å². The molecule has 1 aliphatic carbocycles. The first kappa shape index (κ1) is 13.4. The average molecular weight is 315 g/mol. The molecule has 0 spiro atoms. The molecule has 0 bridgehead atoms. The fourth-order valence-corrected chi connectivity index (χ4v) is 3.24. The largest absolute Gasteiger partial charge is 0.351 e. The number of H-pyrrole nitrogens is 2. The smallest absolute Gasteiger partial charge is 0.268 e. The van der Waals surface area contributed by atoms with Crippen LogP contribution in [0.4, 0.5) is 0 Å². The number of rotatable bonds is 3. The summed E-state index contributed by atoms with van der Waals surface area (Å²) in [4.78, 5) is 15.7. The van der Waals surface area contributed by atoms with Crippen molar-refractivity contribution in [2.24, 2.45) is 5.92 Å². The molecule has 22 heavy (non-hydrogen) atoms. The summed E-state index contributed by atoms with van der Waals surface area (Å²) in [6.45, 7) is 2.12. The minimum atomic E-state index is -0.307. The topological polar surface area (TPSA) is 73.6 Å². The Balaban J connectivity index is 1.64. The maximum absolute atomic E-state index is 12.6. The van der Waals surface area contributed by atoms with Crippen molar-refractivity contribution in [3.8, 4) is 0 Å². The Morgan fingerprint density at radius 3 is 2.95 bits per heavy atom. The normalized spacial score (nSPS) is 23.6. The molecule has 3 aromatic rings. The molecule has 112 valence electrons. The molecule has 1 fully saturated rings. The summed E-state index contributed by atoms with van der Waals surface area (Å²) < 4.78 is 0. The minimum absolute atomic E-state index is 0.113. The van der Waals surface area contributed by atoms with Gasteiger partial charge in [-0.2, -0.15) is 5.10 Å². The first-order valence-corrected chi connectivity index (χ1v) is 7.56. The first-order valence-electron chi connectivity index (χ1n) is 7.18. The SMILES string of the molecule is CC1CC1(NC(=O)c1cc2cc(Cl)ccc2[nH]1)c1cn[nH]c1. The minimum Gasteiger partial charge on any atom is -0.351 e. The second-order valence-electron chi connectivity index (χ2n) is 5.93. The van der Waals surface area contributed by atoms with E-state index in [4.69, 9.17) is 11.6 Å². The fourth-order valence-electron chi connectivity index (χ4n) is 3.06. The molecule has 3 N–H and O–H groups in total. The molecule has 2 atom stereocenters. The summed E-state index contributed by atoms with van der Waals surface area (Å²) in [5, 5.41) is 11.5. The molecule has 1 amide bonds. The molecule has 0 radical (unpaired) electrons. The summed E-state index contributed by atoms with van der Waals surface area (Å²) >= 11 is 5.99. The Kier molecular flexibility index (Phi) is 2.81. The van der Waals surface area contributed by atoms with E-state index in [2.05, 4.69) is 27.4 Å². The summed E-state index contributed by atoms with van der Waals surface area (Å²) in [5.41, 5.74) is 2.15. The van der Waals surface area contributed by atoms with Gasteiger partial charge in [-0.1, -0.05) is 18.5 Å². The van der Waals surface area contributed by atoms with Gasteiger partial charge < -0.3 is 10.3 Å². The molecule has 2 aromatic heterocycles. The van der Waals surface area contributed by atoms with E-state index in [0.29, 0.717) is 16.6 Å². The highest BCUT2D eigenvalue weighted by molar-refractivity contribution is 6.31. The number of halogens is 1. The Morgan fingerprint density at radius 2 is 2.27 bits per heavy atom. The Hall–Kier alpha value is -2.27. The van der Waals surface area contributed by atoms with Crippen molar-refractivity contribution in [3.63, 3.8) is 0 Å². The van der Waals surface area contributed by atoms with E-state index in [1.165, 1.54) is 0 Å². The molecule has 2 heterocycles. The predicted octanol–water partition coefficient (Wildman–Crippen LogP) is 3.21. The zero-order valence-corrected chi connectivity index (χ0v) is 12.7. The number of carbonyl (C=O) groups excluding carboxylic acids is 1. The van der Waals surface area contributed by atoms with Gasteiger partial charge >= 0.3 is 0 Å². The number of carbonyl (C=O) groups is 1. The molecule has 0 saturated heterocycles. The third-order valence-electron chi connectivity index (χ3n) is 4.49. The number of nitrogens with zero attached hydrogens (tertiary/aromatic N) is 1. The van der Waals surface area contributed by atoms with Crippen LogP contribution in [0.25, 0.3) is 10.9 Å². The molecular weight excluding hydrogens is 300 g/mol. The molecular formula is C16H15ClN4O. The van der Waals surface area contributed by atoms with Crippen molar-refractivity contribution >= 4 is 28.4 Å². The van der Waals surface area contributed by atoms with Crippen LogP contribution < -0.4 is 5.32 Å². The van der Waals surface area contributed by atoms with Gasteiger partial charge in [0, 0.05) is 27.7 Å². The van der Waals surface area contributed by atoms with Crippen molar-refractivity contribution in [3.05, 3.63) is 52.9 Å². The lowest BCUT2D eigenvalue weighted by Crippen LogP contribution is -2.36. The Labute approximate surface area is 132 Å². The van der Waals surface area contributed by atoms with Crippen LogP contribution in [0.3, 0.4) is 0 Å². The van der Waals surface area contributed by atoms with E-state index in [0.717, 1.165) is 22.9 Å². The molecule has 1 aliphatic rings. The monoisotopic (exact) mass is 314 g/mol. The predicted molar refractivity (Wildman–Crippen MR) is 84.8 cm³/mol. The van der Waals surface area contributed by atoms with Gasteiger partial charge in [-0.25, -0.2) is 0 Å². The molecule has 0 aliphatic heterocycles. The number of hydrogen-bond donors (Lipinski definition) is 3. The van der Waals surface area contributed by atoms with Gasteiger partial charge in [0.2, 0.25) is 0 Å². The highest BCUT2D eigenvalue weighted by atomic mass is 35.5. The van der Waals surface area contributed by atoms with E-state index in [1.54, 1.807) is 12.3 Å². The quantitative estimate of drug-likeness (QED) is 0.694. The van der Waals surface area contributed by atoms with Gasteiger partial charge in [0.15, 0.2) is 0 Å². The van der Waals surface area contributed by atoms with Gasteiger partial charge in [-0.3, -0.25) is 9.89 Å². The number of amides is 1. The maximum Gasteiger partial charge on any atom is 0.268 e. The number of hydrogen-bond acceptors (Lipinski definition) is 2. The van der Waals surface area contributed by atoms with Gasteiger partial charge in [0.1, 0.15) is 5.69 Å². The summed E-state index contributed by atoms with van der Waals surface area (Å²) in [7, 11) is 0. The third-order valence-corrected chi connectivity index (χ3v) is 4.72. The second-order valence-corrected chi connectivity index (χ2v) is 6.37. The highest BCUT2D eigenvalue weighted by Gasteiger charge is 2.54. The second kappa shape index (κ2) is 4.61. The van der Waals surface area contributed by atoms with Crippen LogP contribution >= 0.6 is 11.6 Å². The standard InChI is InChI=1S/C16H15ClN4O/c1-9-6-16(9,11-7-18-19-8-11)21-15(22)14-5-10-4-12(17)2-3-13(10)20-14/h2-5,7-9,20H,6H2,1H3,(H,18,19)(H,21,22). The first-order chi connectivity index (χ1) is 10.6. The zero-order chi connectivity index (χ0) is 15.3. The average Bonchev–Trinajstić information content (AvgIpc) is 2.95. The lowest BCUT2D eigenvalue weighted by molar-refractivity contribution is 0.0923. The van der Waals surface area contributed by atoms with Crippen LogP contribution in [-0.4, -0.2) is 21.1 Å². The van der Waals surface area contributed by atoms with Crippen LogP contribution in [-0.2, 0) is 5.54 Å². The summed E-state index contributed by atoms with van der Waals surface area (Å²) in [5.74, 6) is 0.283. The number of nitrogens with one attached hydrogen (secondary N) is 3. The molecule has 5 nitrogen and oxygen atoms in total. The van der Waals surface area contributed by atoms with Crippen LogP contribution in [0.2, 0.25) is 5.02 Å². The third kappa shape index (κ3) is 2.01. The van der Waals surface area contributed by atoms with Gasteiger partial charge in [-0.05, 0) is 36.6 Å². The number of benzene rings is 1. The van der Waals surface area contributed by atoms with Gasteiger partial charge in [0.25, 0.3) is 5.91 Å². The molecule has 2 unspecified atom stereocenters. The highest BCUT2D eigenvalue weighted by Crippen LogP contribution is 2.51. The van der Waals surface area contributed by atoms with Crippen molar-refractivity contribution in [1.82, 2.24) is 20.5 Å². The van der Waals surface area contributed by atoms with Crippen molar-refractivity contribution in [2.75, 3.05) is 0 Å². The van der Waals surface area contributed by atoms with Crippen molar-refractivity contribution in [1.29, 1.82) is 0 Å². The lowest BCUT2D eigenvalue weighted by atomic mass is 10.1. The Morgan fingerprint density at radius 1 is 1.45 bits per heavy atom. The van der Waals surface area contributed by atoms with Gasteiger partial charge in [-0.15, -0.1) is 0 Å². The molecule has 1 aromatic carbocycles. The van der Waals surface area contributed by atoms with Crippen LogP contribution in [0.1, 0.15) is 29.4 Å². The molecule has 1 saturated carbocycles. The van der Waals surface area contributed by atoms with Crippen LogP contribution in [0, 0.1) is 5.92 Å². The lowest BCUT2D eigenvalue weighted by Gasteiger charge is -2.16. The van der Waals surface area contributed by atoms with E-state index in [1.807, 2.05) is 24.4 Å². The van der Waals surface area contributed by atoms with E-state index in [-0.39, 0.29) is 11.4 Å². The Bertz CT molecular complexity index is 854.